The van der Waals surface area contributed by atoms with Gasteiger partial charge in [0, 0.05) is 11.7 Å². The molecule has 2 heterocycles. The molecule has 148 valence electrons. The number of carbonyl (C=O) groups is 2. The minimum Gasteiger partial charge on any atom is -0.282 e. The van der Waals surface area contributed by atoms with E-state index in [9.17, 15) is 18.0 Å². The fourth-order valence-corrected chi connectivity index (χ4v) is 5.56. The molecular weight excluding hydrogens is 366 g/mol. The van der Waals surface area contributed by atoms with Crippen LogP contribution in [0.1, 0.15) is 32.3 Å². The van der Waals surface area contributed by atoms with Crippen molar-refractivity contribution in [2.45, 2.75) is 45.7 Å². The summed E-state index contributed by atoms with van der Waals surface area (Å²) in [5.74, 6) is 0.0223. The third-order valence-electron chi connectivity index (χ3n) is 5.32. The fraction of sp³-hybridized carbons (Fsp3) is 0.579. The van der Waals surface area contributed by atoms with Gasteiger partial charge in [-0.25, -0.2) is 18.1 Å². The first-order valence-corrected chi connectivity index (χ1v) is 11.2. The van der Waals surface area contributed by atoms with Crippen LogP contribution in [0.5, 0.6) is 0 Å². The fourth-order valence-electron chi connectivity index (χ4n) is 3.80. The summed E-state index contributed by atoms with van der Waals surface area (Å²) in [6.07, 6.45) is 1.37. The summed E-state index contributed by atoms with van der Waals surface area (Å²) in [7, 11) is -3.03. The predicted octanol–water partition coefficient (Wildman–Crippen LogP) is 2.01. The van der Waals surface area contributed by atoms with Gasteiger partial charge < -0.3 is 0 Å². The molecule has 27 heavy (non-hydrogen) atoms. The Kier molecular flexibility index (Phi) is 5.58. The van der Waals surface area contributed by atoms with Crippen molar-refractivity contribution in [3.63, 3.8) is 0 Å². The largest absolute Gasteiger partial charge is 0.333 e. The number of sulfone groups is 1. The summed E-state index contributed by atoms with van der Waals surface area (Å²) >= 11 is 0. The Labute approximate surface area is 160 Å². The first-order chi connectivity index (χ1) is 12.7. The van der Waals surface area contributed by atoms with Gasteiger partial charge in [0.1, 0.15) is 6.04 Å². The molecule has 2 unspecified atom stereocenters. The van der Waals surface area contributed by atoms with Gasteiger partial charge in [-0.05, 0) is 45.4 Å². The number of urea groups is 1. The van der Waals surface area contributed by atoms with Crippen LogP contribution >= 0.6 is 0 Å². The van der Waals surface area contributed by atoms with Crippen molar-refractivity contribution in [2.24, 2.45) is 0 Å². The summed E-state index contributed by atoms with van der Waals surface area (Å²) in [5.41, 5.74) is 1.78. The van der Waals surface area contributed by atoms with Crippen LogP contribution in [0.4, 0.5) is 10.5 Å². The number of aryl methyl sites for hydroxylation is 1. The van der Waals surface area contributed by atoms with Crippen LogP contribution in [0.25, 0.3) is 0 Å². The molecule has 7 nitrogen and oxygen atoms in total. The van der Waals surface area contributed by atoms with Gasteiger partial charge in [0.05, 0.1) is 18.2 Å². The molecule has 0 aromatic heterocycles. The molecule has 3 amide bonds. The first-order valence-electron chi connectivity index (χ1n) is 9.39. The number of benzene rings is 1. The Morgan fingerprint density at radius 2 is 1.85 bits per heavy atom. The molecule has 1 aromatic rings. The normalized spacial score (nSPS) is 25.0. The number of amides is 3. The van der Waals surface area contributed by atoms with E-state index in [0.29, 0.717) is 18.7 Å². The van der Waals surface area contributed by atoms with E-state index >= 15 is 0 Å². The van der Waals surface area contributed by atoms with Crippen LogP contribution in [-0.2, 0) is 14.6 Å². The van der Waals surface area contributed by atoms with E-state index in [-0.39, 0.29) is 36.2 Å². The molecule has 0 radical (unpaired) electrons. The molecule has 2 saturated heterocycles. The van der Waals surface area contributed by atoms with Gasteiger partial charge in [-0.15, -0.1) is 0 Å². The van der Waals surface area contributed by atoms with Crippen molar-refractivity contribution in [2.75, 3.05) is 29.6 Å². The Morgan fingerprint density at radius 1 is 1.19 bits per heavy atom. The second-order valence-electron chi connectivity index (χ2n) is 7.44. The van der Waals surface area contributed by atoms with Gasteiger partial charge in [-0.3, -0.25) is 14.6 Å². The lowest BCUT2D eigenvalue weighted by atomic mass is 10.2. The number of hydrogen-bond acceptors (Lipinski definition) is 5. The minimum atomic E-state index is -3.03. The number of carbonyl (C=O) groups excluding carboxylic acids is 2. The summed E-state index contributed by atoms with van der Waals surface area (Å²) in [4.78, 5) is 30.5. The molecule has 0 spiro atoms. The highest BCUT2D eigenvalue weighted by Crippen LogP contribution is 2.27. The van der Waals surface area contributed by atoms with Crippen LogP contribution in [0.3, 0.4) is 0 Å². The van der Waals surface area contributed by atoms with Crippen LogP contribution in [0.2, 0.25) is 0 Å². The maximum atomic E-state index is 13.0. The average molecular weight is 394 g/mol. The Morgan fingerprint density at radius 3 is 2.41 bits per heavy atom. The highest BCUT2D eigenvalue weighted by Gasteiger charge is 2.45. The molecule has 0 bridgehead atoms. The summed E-state index contributed by atoms with van der Waals surface area (Å²) in [6, 6.07) is 6.44. The van der Waals surface area contributed by atoms with Crippen molar-refractivity contribution < 1.29 is 18.0 Å². The third-order valence-corrected chi connectivity index (χ3v) is 7.07. The predicted molar refractivity (Wildman–Crippen MR) is 104 cm³/mol. The van der Waals surface area contributed by atoms with Gasteiger partial charge in [-0.1, -0.05) is 24.6 Å². The average Bonchev–Trinajstić information content (AvgIpc) is 3.08. The monoisotopic (exact) mass is 393 g/mol. The quantitative estimate of drug-likeness (QED) is 0.691. The zero-order valence-electron chi connectivity index (χ0n) is 16.1. The van der Waals surface area contributed by atoms with Crippen LogP contribution < -0.4 is 4.90 Å². The molecule has 1 aromatic carbocycles. The Bertz CT molecular complexity index is 822. The summed E-state index contributed by atoms with van der Waals surface area (Å²) < 4.78 is 23.7. The van der Waals surface area contributed by atoms with Crippen molar-refractivity contribution in [3.8, 4) is 0 Å². The van der Waals surface area contributed by atoms with E-state index < -0.39 is 15.9 Å². The first kappa shape index (κ1) is 19.8. The molecule has 8 heteroatoms. The van der Waals surface area contributed by atoms with Gasteiger partial charge >= 0.3 is 6.03 Å². The minimum absolute atomic E-state index is 0.0977. The van der Waals surface area contributed by atoms with Gasteiger partial charge in [0.15, 0.2) is 9.84 Å². The number of rotatable bonds is 6. The van der Waals surface area contributed by atoms with Gasteiger partial charge in [0.2, 0.25) is 0 Å². The maximum absolute atomic E-state index is 13.0. The topological polar surface area (TPSA) is 78.0 Å². The number of imide groups is 1. The highest BCUT2D eigenvalue weighted by molar-refractivity contribution is 7.91. The lowest BCUT2D eigenvalue weighted by Crippen LogP contribution is -2.47. The van der Waals surface area contributed by atoms with E-state index in [0.717, 1.165) is 12.0 Å². The molecule has 3 rings (SSSR count). The van der Waals surface area contributed by atoms with Gasteiger partial charge in [0.25, 0.3) is 5.91 Å². The summed E-state index contributed by atoms with van der Waals surface area (Å²) in [6.45, 7) is 6.49. The lowest BCUT2D eigenvalue weighted by molar-refractivity contribution is -0.128. The molecule has 2 aliphatic heterocycles. The van der Waals surface area contributed by atoms with Crippen LogP contribution in [0, 0.1) is 6.92 Å². The zero-order valence-corrected chi connectivity index (χ0v) is 16.9. The maximum Gasteiger partial charge on any atom is 0.333 e. The molecule has 2 atom stereocenters. The van der Waals surface area contributed by atoms with Crippen molar-refractivity contribution in [1.29, 1.82) is 0 Å². The van der Waals surface area contributed by atoms with Gasteiger partial charge in [-0.2, -0.15) is 0 Å². The van der Waals surface area contributed by atoms with Crippen molar-refractivity contribution in [1.82, 2.24) is 9.80 Å². The SMILES string of the molecule is CCCN(CN1C(=O)C(C)N(c2ccc(C)cc2)C1=O)C1CCS(=O)(=O)C1. The van der Waals surface area contributed by atoms with E-state index in [1.165, 1.54) is 9.80 Å². The number of hydrogen-bond donors (Lipinski definition) is 0. The van der Waals surface area contributed by atoms with E-state index in [1.54, 1.807) is 6.92 Å². The standard InChI is InChI=1S/C19H27N3O4S/c1-4-10-20(17-9-11-27(25,26)12-17)13-21-18(23)15(3)22(19(21)24)16-7-5-14(2)6-8-16/h5-8,15,17H,4,9-13H2,1-3H3. The molecule has 2 fully saturated rings. The number of nitrogens with zero attached hydrogens (tertiary/aromatic N) is 3. The molecule has 2 aliphatic rings. The van der Waals surface area contributed by atoms with E-state index in [4.69, 9.17) is 0 Å². The zero-order chi connectivity index (χ0) is 19.8. The highest BCUT2D eigenvalue weighted by atomic mass is 32.2. The smallest absolute Gasteiger partial charge is 0.282 e. The van der Waals surface area contributed by atoms with E-state index in [1.807, 2.05) is 43.0 Å². The lowest BCUT2D eigenvalue weighted by Gasteiger charge is -2.30. The van der Waals surface area contributed by atoms with Crippen LogP contribution in [0.15, 0.2) is 24.3 Å². The summed E-state index contributed by atoms with van der Waals surface area (Å²) in [5, 5.41) is 0. The second-order valence-corrected chi connectivity index (χ2v) is 9.67. The van der Waals surface area contributed by atoms with Crippen molar-refractivity contribution >= 4 is 27.5 Å². The Balaban J connectivity index is 1.79. The number of anilines is 1. The Hall–Kier alpha value is -1.93. The molecule has 0 N–H and O–H groups in total. The second kappa shape index (κ2) is 7.59. The van der Waals surface area contributed by atoms with Crippen LogP contribution in [-0.4, -0.2) is 67.0 Å². The van der Waals surface area contributed by atoms with Crippen molar-refractivity contribution in [3.05, 3.63) is 29.8 Å². The molecule has 0 saturated carbocycles. The molecular formula is C19H27N3O4S. The van der Waals surface area contributed by atoms with E-state index in [2.05, 4.69) is 0 Å². The molecule has 0 aliphatic carbocycles. The third kappa shape index (κ3) is 4.01.